The smallest absolute Gasteiger partial charge is 0.299 e. The number of hydrogen-bond donors (Lipinski definition) is 0. The highest BCUT2D eigenvalue weighted by atomic mass is 19.2. The van der Waals surface area contributed by atoms with Crippen molar-refractivity contribution in [3.8, 4) is 0 Å². The summed E-state index contributed by atoms with van der Waals surface area (Å²) < 4.78 is 31.5. The summed E-state index contributed by atoms with van der Waals surface area (Å²) in [6.07, 6.45) is 0.837. The molecule has 0 bridgehead atoms. The van der Waals surface area contributed by atoms with Gasteiger partial charge in [-0.3, -0.25) is 9.59 Å². The summed E-state index contributed by atoms with van der Waals surface area (Å²) in [5, 5.41) is 0. The number of hydrogen-bond acceptors (Lipinski definition) is 3. The minimum Gasteiger partial charge on any atom is -0.380 e. The Morgan fingerprint density at radius 3 is 2.53 bits per heavy atom. The topological polar surface area (TPSA) is 46.6 Å². The summed E-state index contributed by atoms with van der Waals surface area (Å²) in [5.74, 6) is -3.81. The van der Waals surface area contributed by atoms with Gasteiger partial charge in [-0.25, -0.2) is 8.78 Å². The van der Waals surface area contributed by atoms with E-state index in [-0.39, 0.29) is 24.4 Å². The summed E-state index contributed by atoms with van der Waals surface area (Å²) in [5.41, 5.74) is 0.00777. The highest BCUT2D eigenvalue weighted by Gasteiger charge is 2.36. The molecule has 1 aliphatic rings. The molecule has 0 N–H and O–H groups in total. The van der Waals surface area contributed by atoms with Crippen LogP contribution >= 0.6 is 0 Å². The predicted molar refractivity (Wildman–Crippen MR) is 64.2 cm³/mol. The molecule has 0 saturated carbocycles. The van der Waals surface area contributed by atoms with Gasteiger partial charge in [-0.05, 0) is 12.5 Å². The first-order valence-corrected chi connectivity index (χ1v) is 5.99. The number of ether oxygens (including phenoxy) is 1. The zero-order valence-electron chi connectivity index (χ0n) is 10.4. The Balaban J connectivity index is 2.21. The van der Waals surface area contributed by atoms with Crippen LogP contribution in [0.25, 0.3) is 0 Å². The fraction of sp³-hybridized carbons (Fsp3) is 0.385. The van der Waals surface area contributed by atoms with E-state index in [9.17, 15) is 18.4 Å². The number of anilines is 1. The summed E-state index contributed by atoms with van der Waals surface area (Å²) >= 11 is 0. The van der Waals surface area contributed by atoms with Gasteiger partial charge in [0, 0.05) is 19.2 Å². The molecule has 4 nitrogen and oxygen atoms in total. The average Bonchev–Trinajstić information content (AvgIpc) is 2.60. The zero-order chi connectivity index (χ0) is 14.0. The van der Waals surface area contributed by atoms with Gasteiger partial charge in [0.2, 0.25) is 0 Å². The van der Waals surface area contributed by atoms with Crippen LogP contribution in [0.3, 0.4) is 0 Å². The van der Waals surface area contributed by atoms with Gasteiger partial charge in [0.1, 0.15) is 0 Å². The molecular weight excluding hydrogens is 256 g/mol. The van der Waals surface area contributed by atoms with E-state index in [4.69, 9.17) is 4.74 Å². The summed E-state index contributed by atoms with van der Waals surface area (Å²) in [6.45, 7) is 2.87. The van der Waals surface area contributed by atoms with E-state index in [0.717, 1.165) is 23.5 Å². The second kappa shape index (κ2) is 5.44. The lowest BCUT2D eigenvalue weighted by atomic mass is 10.1. The van der Waals surface area contributed by atoms with Crippen LogP contribution in [0.2, 0.25) is 0 Å². The van der Waals surface area contributed by atoms with Gasteiger partial charge >= 0.3 is 0 Å². The minimum absolute atomic E-state index is 0.0978. The molecule has 102 valence electrons. The van der Waals surface area contributed by atoms with Crippen LogP contribution in [0, 0.1) is 11.6 Å². The first-order chi connectivity index (χ1) is 9.06. The summed E-state index contributed by atoms with van der Waals surface area (Å²) in [4.78, 5) is 24.5. The Kier molecular flexibility index (Phi) is 3.90. The van der Waals surface area contributed by atoms with Crippen LogP contribution in [0.1, 0.15) is 23.7 Å². The molecule has 1 aromatic carbocycles. The van der Waals surface area contributed by atoms with Gasteiger partial charge in [-0.15, -0.1) is 0 Å². The maximum absolute atomic E-state index is 13.2. The molecule has 1 heterocycles. The van der Waals surface area contributed by atoms with Crippen molar-refractivity contribution < 1.29 is 23.1 Å². The standard InChI is InChI=1S/C13H13F2NO3/c1-2-4-19-5-3-16-11-7-10(15)9(14)6-8(11)12(17)13(16)18/h6-7H,2-5H2,1H3. The van der Waals surface area contributed by atoms with Crippen LogP contribution in [0.15, 0.2) is 12.1 Å². The number of amides is 1. The highest BCUT2D eigenvalue weighted by Crippen LogP contribution is 2.30. The Morgan fingerprint density at radius 2 is 1.84 bits per heavy atom. The van der Waals surface area contributed by atoms with Crippen molar-refractivity contribution in [2.45, 2.75) is 13.3 Å². The lowest BCUT2D eigenvalue weighted by Gasteiger charge is -2.16. The number of benzene rings is 1. The van der Waals surface area contributed by atoms with Crippen LogP contribution in [0.4, 0.5) is 14.5 Å². The first kappa shape index (κ1) is 13.6. The quantitative estimate of drug-likeness (QED) is 0.606. The van der Waals surface area contributed by atoms with E-state index < -0.39 is 23.3 Å². The van der Waals surface area contributed by atoms with E-state index in [1.807, 2.05) is 6.92 Å². The molecule has 0 aliphatic carbocycles. The molecule has 1 amide bonds. The average molecular weight is 269 g/mol. The number of ketones is 1. The Labute approximate surface area is 109 Å². The molecule has 2 rings (SSSR count). The number of Topliss-reactive ketones (excluding diaryl/α,β-unsaturated/α-hetero) is 1. The number of nitrogens with zero attached hydrogens (tertiary/aromatic N) is 1. The van der Waals surface area contributed by atoms with E-state index >= 15 is 0 Å². The third-order valence-electron chi connectivity index (χ3n) is 2.82. The first-order valence-electron chi connectivity index (χ1n) is 5.99. The molecule has 6 heteroatoms. The number of fused-ring (bicyclic) bond motifs is 1. The van der Waals surface area contributed by atoms with Gasteiger partial charge in [-0.2, -0.15) is 0 Å². The van der Waals surface area contributed by atoms with E-state index in [0.29, 0.717) is 6.61 Å². The van der Waals surface area contributed by atoms with Crippen LogP contribution in [-0.4, -0.2) is 31.4 Å². The minimum atomic E-state index is -1.14. The molecule has 0 aromatic heterocycles. The SMILES string of the molecule is CCCOCCN1C(=O)C(=O)c2cc(F)c(F)cc21. The van der Waals surface area contributed by atoms with Crippen molar-refractivity contribution in [3.05, 3.63) is 29.3 Å². The lowest BCUT2D eigenvalue weighted by molar-refractivity contribution is -0.114. The third kappa shape index (κ3) is 2.49. The van der Waals surface area contributed by atoms with Gasteiger partial charge in [0.15, 0.2) is 11.6 Å². The summed E-state index contributed by atoms with van der Waals surface area (Å²) in [7, 11) is 0. The van der Waals surface area contributed by atoms with Gasteiger partial charge in [-0.1, -0.05) is 6.92 Å². The van der Waals surface area contributed by atoms with Gasteiger partial charge in [0.05, 0.1) is 17.9 Å². The second-order valence-electron chi connectivity index (χ2n) is 4.18. The highest BCUT2D eigenvalue weighted by molar-refractivity contribution is 6.52. The lowest BCUT2D eigenvalue weighted by Crippen LogP contribution is -2.32. The van der Waals surface area contributed by atoms with Gasteiger partial charge in [0.25, 0.3) is 11.7 Å². The molecule has 1 aromatic rings. The predicted octanol–water partition coefficient (Wildman–Crippen LogP) is 1.92. The number of carbonyl (C=O) groups is 2. The van der Waals surface area contributed by atoms with Crippen molar-refractivity contribution in [2.24, 2.45) is 0 Å². The van der Waals surface area contributed by atoms with Crippen molar-refractivity contribution in [1.29, 1.82) is 0 Å². The normalized spacial score (nSPS) is 14.2. The molecule has 0 unspecified atom stereocenters. The third-order valence-corrected chi connectivity index (χ3v) is 2.82. The Bertz CT molecular complexity index is 531. The molecule has 19 heavy (non-hydrogen) atoms. The van der Waals surface area contributed by atoms with E-state index in [1.165, 1.54) is 0 Å². The van der Waals surface area contributed by atoms with Crippen molar-refractivity contribution in [3.63, 3.8) is 0 Å². The fourth-order valence-electron chi connectivity index (χ4n) is 1.91. The van der Waals surface area contributed by atoms with Crippen LogP contribution in [-0.2, 0) is 9.53 Å². The summed E-state index contributed by atoms with van der Waals surface area (Å²) in [6, 6.07) is 1.63. The van der Waals surface area contributed by atoms with Crippen LogP contribution in [0.5, 0.6) is 0 Å². The number of carbonyl (C=O) groups excluding carboxylic acids is 2. The molecule has 0 radical (unpaired) electrons. The second-order valence-corrected chi connectivity index (χ2v) is 4.18. The molecule has 1 aliphatic heterocycles. The molecule has 0 saturated heterocycles. The van der Waals surface area contributed by atoms with Crippen molar-refractivity contribution >= 4 is 17.4 Å². The molecule has 0 fully saturated rings. The zero-order valence-corrected chi connectivity index (χ0v) is 10.4. The molecule has 0 spiro atoms. The number of rotatable bonds is 5. The maximum atomic E-state index is 13.2. The number of halogens is 2. The van der Waals surface area contributed by atoms with Crippen molar-refractivity contribution in [2.75, 3.05) is 24.7 Å². The Hall–Kier alpha value is -1.82. The van der Waals surface area contributed by atoms with Crippen LogP contribution < -0.4 is 4.90 Å². The Morgan fingerprint density at radius 1 is 1.16 bits per heavy atom. The molecule has 0 atom stereocenters. The van der Waals surface area contributed by atoms with E-state index in [2.05, 4.69) is 0 Å². The fourth-order valence-corrected chi connectivity index (χ4v) is 1.91. The van der Waals surface area contributed by atoms with E-state index in [1.54, 1.807) is 0 Å². The van der Waals surface area contributed by atoms with Crippen molar-refractivity contribution in [1.82, 2.24) is 0 Å². The maximum Gasteiger partial charge on any atom is 0.299 e. The molecular formula is C13H13F2NO3. The largest absolute Gasteiger partial charge is 0.380 e. The van der Waals surface area contributed by atoms with Gasteiger partial charge < -0.3 is 9.64 Å². The monoisotopic (exact) mass is 269 g/mol.